The van der Waals surface area contributed by atoms with Crippen molar-refractivity contribution in [3.8, 4) is 11.1 Å². The molecule has 0 saturated heterocycles. The van der Waals surface area contributed by atoms with E-state index in [0.717, 1.165) is 39.0 Å². The Hall–Kier alpha value is -5.90. The zero-order chi connectivity index (χ0) is 30.9. The number of thiophene rings is 1. The third-order valence-electron chi connectivity index (χ3n) is 9.44. The summed E-state index contributed by atoms with van der Waals surface area (Å²) in [5.74, 6) is 0. The molecule has 8 aromatic carbocycles. The second kappa shape index (κ2) is 10.3. The van der Waals surface area contributed by atoms with Crippen LogP contribution in [0.4, 0.5) is 17.1 Å². The van der Waals surface area contributed by atoms with Gasteiger partial charge in [0.05, 0.1) is 11.4 Å². The highest BCUT2D eigenvalue weighted by molar-refractivity contribution is 7.25. The van der Waals surface area contributed by atoms with Crippen molar-refractivity contribution in [1.29, 1.82) is 0 Å². The molecule has 47 heavy (non-hydrogen) atoms. The van der Waals surface area contributed by atoms with Gasteiger partial charge in [-0.2, -0.15) is 0 Å². The van der Waals surface area contributed by atoms with Gasteiger partial charge in [0.1, 0.15) is 11.2 Å². The molecule has 0 saturated carbocycles. The number of anilines is 3. The van der Waals surface area contributed by atoms with Crippen LogP contribution in [-0.2, 0) is 0 Å². The van der Waals surface area contributed by atoms with E-state index in [-0.39, 0.29) is 0 Å². The number of hydrogen-bond acceptors (Lipinski definition) is 3. The molecule has 0 atom stereocenters. The van der Waals surface area contributed by atoms with E-state index >= 15 is 0 Å². The number of hydrogen-bond donors (Lipinski definition) is 0. The average Bonchev–Trinajstić information content (AvgIpc) is 3.69. The summed E-state index contributed by atoms with van der Waals surface area (Å²) in [6.45, 7) is 0. The van der Waals surface area contributed by atoms with Gasteiger partial charge < -0.3 is 9.32 Å². The second-order valence-corrected chi connectivity index (χ2v) is 13.2. The lowest BCUT2D eigenvalue weighted by Gasteiger charge is -2.29. The van der Waals surface area contributed by atoms with Crippen LogP contribution in [0.2, 0.25) is 0 Å². The van der Waals surface area contributed by atoms with Gasteiger partial charge >= 0.3 is 0 Å². The molecule has 2 nitrogen and oxygen atoms in total. The van der Waals surface area contributed by atoms with Gasteiger partial charge in [0.25, 0.3) is 0 Å². The summed E-state index contributed by atoms with van der Waals surface area (Å²) in [5.41, 5.74) is 7.44. The number of fused-ring (bicyclic) bond motifs is 9. The molecule has 0 bridgehead atoms. The summed E-state index contributed by atoms with van der Waals surface area (Å²) in [4.78, 5) is 2.42. The molecule has 0 aliphatic heterocycles. The van der Waals surface area contributed by atoms with Crippen LogP contribution in [0.3, 0.4) is 0 Å². The van der Waals surface area contributed by atoms with E-state index in [1.165, 1.54) is 52.8 Å². The van der Waals surface area contributed by atoms with Gasteiger partial charge in [-0.1, -0.05) is 115 Å². The predicted molar refractivity (Wildman–Crippen MR) is 202 cm³/mol. The maximum absolute atomic E-state index is 6.44. The van der Waals surface area contributed by atoms with Crippen molar-refractivity contribution < 1.29 is 4.42 Å². The Balaban J connectivity index is 1.26. The monoisotopic (exact) mass is 617 g/mol. The highest BCUT2D eigenvalue weighted by atomic mass is 32.1. The van der Waals surface area contributed by atoms with Crippen LogP contribution in [0.25, 0.3) is 74.8 Å². The molecule has 220 valence electrons. The Labute approximate surface area is 275 Å². The van der Waals surface area contributed by atoms with E-state index in [0.29, 0.717) is 0 Å². The number of benzene rings is 8. The van der Waals surface area contributed by atoms with E-state index in [4.69, 9.17) is 4.42 Å². The fourth-order valence-electron chi connectivity index (χ4n) is 7.29. The molecule has 3 heteroatoms. The molecule has 2 heterocycles. The molecule has 0 amide bonds. The Kier molecular flexibility index (Phi) is 5.78. The second-order valence-electron chi connectivity index (χ2n) is 12.1. The molecular weight excluding hydrogens is 591 g/mol. The Morgan fingerprint density at radius 3 is 1.98 bits per heavy atom. The SMILES string of the molecule is c1ccc(N(c2ccc3c(c2)oc2ccccc23)c2cc3ccccc3c3ccccc23)c(-c2ccc3c(c2)sc2ccccc23)c1. The normalized spacial score (nSPS) is 11.8. The summed E-state index contributed by atoms with van der Waals surface area (Å²) in [6.07, 6.45) is 0. The van der Waals surface area contributed by atoms with Crippen LogP contribution in [0.5, 0.6) is 0 Å². The first-order valence-electron chi connectivity index (χ1n) is 15.9. The molecule has 0 spiro atoms. The van der Waals surface area contributed by atoms with E-state index < -0.39 is 0 Å². The minimum Gasteiger partial charge on any atom is -0.456 e. The van der Waals surface area contributed by atoms with Crippen molar-refractivity contribution >= 4 is 92.1 Å². The van der Waals surface area contributed by atoms with Crippen molar-refractivity contribution in [3.05, 3.63) is 164 Å². The van der Waals surface area contributed by atoms with Gasteiger partial charge in [-0.05, 0) is 64.2 Å². The van der Waals surface area contributed by atoms with Crippen LogP contribution in [0, 0.1) is 0 Å². The summed E-state index contributed by atoms with van der Waals surface area (Å²) in [6, 6.07) is 59.1. The Morgan fingerprint density at radius 1 is 0.404 bits per heavy atom. The van der Waals surface area contributed by atoms with Crippen LogP contribution >= 0.6 is 11.3 Å². The summed E-state index contributed by atoms with van der Waals surface area (Å²) < 4.78 is 9.05. The lowest BCUT2D eigenvalue weighted by atomic mass is 9.97. The van der Waals surface area contributed by atoms with Gasteiger partial charge in [0.15, 0.2) is 0 Å². The van der Waals surface area contributed by atoms with E-state index in [1.54, 1.807) is 0 Å². The average molecular weight is 618 g/mol. The van der Waals surface area contributed by atoms with Crippen LogP contribution in [0.15, 0.2) is 168 Å². The van der Waals surface area contributed by atoms with E-state index in [9.17, 15) is 0 Å². The molecule has 0 aliphatic rings. The topological polar surface area (TPSA) is 16.4 Å². The molecule has 0 unspecified atom stereocenters. The van der Waals surface area contributed by atoms with Crippen molar-refractivity contribution in [3.63, 3.8) is 0 Å². The number of rotatable bonds is 4. The maximum atomic E-state index is 6.44. The molecule has 2 aromatic heterocycles. The number of para-hydroxylation sites is 2. The first-order valence-corrected chi connectivity index (χ1v) is 16.7. The highest BCUT2D eigenvalue weighted by Gasteiger charge is 2.22. The lowest BCUT2D eigenvalue weighted by molar-refractivity contribution is 0.669. The summed E-state index contributed by atoms with van der Waals surface area (Å²) in [5, 5.41) is 9.77. The lowest BCUT2D eigenvalue weighted by Crippen LogP contribution is -2.12. The molecular formula is C44H27NOS. The van der Waals surface area contributed by atoms with Gasteiger partial charge in [-0.25, -0.2) is 0 Å². The molecule has 10 aromatic rings. The fraction of sp³-hybridized carbons (Fsp3) is 0. The molecule has 10 rings (SSSR count). The number of nitrogens with zero attached hydrogens (tertiary/aromatic N) is 1. The summed E-state index contributed by atoms with van der Waals surface area (Å²) >= 11 is 1.86. The Bertz CT molecular complexity index is 2820. The largest absolute Gasteiger partial charge is 0.456 e. The van der Waals surface area contributed by atoms with Crippen LogP contribution in [0.1, 0.15) is 0 Å². The van der Waals surface area contributed by atoms with Crippen LogP contribution in [-0.4, -0.2) is 0 Å². The van der Waals surface area contributed by atoms with E-state index in [2.05, 4.69) is 157 Å². The maximum Gasteiger partial charge on any atom is 0.137 e. The van der Waals surface area contributed by atoms with Crippen molar-refractivity contribution in [1.82, 2.24) is 0 Å². The number of furan rings is 1. The van der Waals surface area contributed by atoms with Gasteiger partial charge in [-0.15, -0.1) is 11.3 Å². The van der Waals surface area contributed by atoms with Crippen molar-refractivity contribution in [2.45, 2.75) is 0 Å². The van der Waals surface area contributed by atoms with Crippen LogP contribution < -0.4 is 4.90 Å². The first-order chi connectivity index (χ1) is 23.3. The predicted octanol–water partition coefficient (Wildman–Crippen LogP) is 13.4. The van der Waals surface area contributed by atoms with Crippen molar-refractivity contribution in [2.75, 3.05) is 4.90 Å². The molecule has 0 aliphatic carbocycles. The quantitative estimate of drug-likeness (QED) is 0.183. The third-order valence-corrected chi connectivity index (χ3v) is 10.6. The first kappa shape index (κ1) is 26.3. The Morgan fingerprint density at radius 2 is 1.06 bits per heavy atom. The minimum absolute atomic E-state index is 0.878. The summed E-state index contributed by atoms with van der Waals surface area (Å²) in [7, 11) is 0. The van der Waals surface area contributed by atoms with E-state index in [1.807, 2.05) is 23.5 Å². The molecule has 0 N–H and O–H groups in total. The standard InChI is InChI=1S/C44H27NOS/c1-2-12-31-28(11-1)25-40(34-15-4-3-14-33(31)34)45(30-22-24-36-35-16-6-9-19-41(35)46-42(36)27-30)39-18-8-5-13-32(39)29-21-23-38-37-17-7-10-20-43(37)47-44(38)26-29/h1-27H. The molecule has 0 radical (unpaired) electrons. The zero-order valence-electron chi connectivity index (χ0n) is 25.4. The van der Waals surface area contributed by atoms with Gasteiger partial charge in [0.2, 0.25) is 0 Å². The smallest absolute Gasteiger partial charge is 0.137 e. The molecule has 0 fully saturated rings. The van der Waals surface area contributed by atoms with Gasteiger partial charge in [-0.3, -0.25) is 0 Å². The fourth-order valence-corrected chi connectivity index (χ4v) is 8.43. The highest BCUT2D eigenvalue weighted by Crippen LogP contribution is 2.47. The van der Waals surface area contributed by atoms with Crippen molar-refractivity contribution in [2.24, 2.45) is 0 Å². The zero-order valence-corrected chi connectivity index (χ0v) is 26.2. The van der Waals surface area contributed by atoms with Gasteiger partial charge in [0, 0.05) is 53.6 Å². The third kappa shape index (κ3) is 4.10. The minimum atomic E-state index is 0.878.